The van der Waals surface area contributed by atoms with Crippen molar-refractivity contribution in [3.8, 4) is 0 Å². The van der Waals surface area contributed by atoms with Crippen LogP contribution in [0.1, 0.15) is 42.6 Å². The van der Waals surface area contributed by atoms with Gasteiger partial charge in [0, 0.05) is 5.69 Å². The van der Waals surface area contributed by atoms with Crippen molar-refractivity contribution in [2.45, 2.75) is 36.8 Å². The molecule has 0 aliphatic heterocycles. The van der Waals surface area contributed by atoms with Crippen molar-refractivity contribution in [2.75, 3.05) is 5.32 Å². The van der Waals surface area contributed by atoms with Crippen LogP contribution >= 0.6 is 0 Å². The summed E-state index contributed by atoms with van der Waals surface area (Å²) in [4.78, 5) is 23.6. The molecule has 2 aromatic rings. The molecule has 0 radical (unpaired) electrons. The molecule has 1 amide bonds. The molecule has 0 aromatic heterocycles. The average Bonchev–Trinajstić information content (AvgIpc) is 2.61. The molecule has 0 spiro atoms. The van der Waals surface area contributed by atoms with E-state index in [0.717, 1.165) is 0 Å². The first-order valence-corrected chi connectivity index (χ1v) is 9.66. The number of carboxylic acid groups (broad SMARTS) is 1. The van der Waals surface area contributed by atoms with E-state index in [1.165, 1.54) is 12.1 Å². The van der Waals surface area contributed by atoms with Crippen molar-refractivity contribution >= 4 is 27.4 Å². The first kappa shape index (κ1) is 19.7. The largest absolute Gasteiger partial charge is 0.481 e. The summed E-state index contributed by atoms with van der Waals surface area (Å²) in [6, 6.07) is 12.5. The molecule has 0 aliphatic carbocycles. The van der Waals surface area contributed by atoms with Gasteiger partial charge in [-0.2, -0.15) is 0 Å². The standard InChI is InChI=1S/C19H21NO5S/c1-12(2)26(24,25)17-7-5-4-6-16(17)18(21)20-15-10-8-14(9-11-15)13(3)19(22)23/h4-13H,1-3H3,(H,20,21)(H,22,23). The van der Waals surface area contributed by atoms with Gasteiger partial charge in [0.2, 0.25) is 0 Å². The Morgan fingerprint density at radius 1 is 0.962 bits per heavy atom. The van der Waals surface area contributed by atoms with E-state index < -0.39 is 32.9 Å². The van der Waals surface area contributed by atoms with Crippen LogP contribution in [0.2, 0.25) is 0 Å². The summed E-state index contributed by atoms with van der Waals surface area (Å²) in [7, 11) is -3.60. The third-order valence-corrected chi connectivity index (χ3v) is 6.31. The summed E-state index contributed by atoms with van der Waals surface area (Å²) in [6.45, 7) is 4.70. The number of amides is 1. The van der Waals surface area contributed by atoms with Gasteiger partial charge >= 0.3 is 5.97 Å². The minimum Gasteiger partial charge on any atom is -0.481 e. The lowest BCUT2D eigenvalue weighted by atomic mass is 10.0. The lowest BCUT2D eigenvalue weighted by Crippen LogP contribution is -2.20. The van der Waals surface area contributed by atoms with E-state index in [2.05, 4.69) is 5.32 Å². The minimum absolute atomic E-state index is 0.0105. The third kappa shape index (κ3) is 4.11. The van der Waals surface area contributed by atoms with Crippen LogP contribution in [-0.2, 0) is 14.6 Å². The Morgan fingerprint density at radius 2 is 1.54 bits per heavy atom. The molecule has 0 saturated heterocycles. The zero-order valence-electron chi connectivity index (χ0n) is 14.8. The molecule has 6 nitrogen and oxygen atoms in total. The van der Waals surface area contributed by atoms with Gasteiger partial charge in [0.15, 0.2) is 9.84 Å². The van der Waals surface area contributed by atoms with Gasteiger partial charge < -0.3 is 10.4 Å². The number of nitrogens with one attached hydrogen (secondary N) is 1. The molecule has 0 aliphatic rings. The third-order valence-electron chi connectivity index (χ3n) is 4.10. The summed E-state index contributed by atoms with van der Waals surface area (Å²) in [5.41, 5.74) is 1.13. The average molecular weight is 375 g/mol. The van der Waals surface area contributed by atoms with Crippen molar-refractivity contribution < 1.29 is 23.1 Å². The summed E-state index contributed by atoms with van der Waals surface area (Å²) >= 11 is 0. The number of carbonyl (C=O) groups is 2. The zero-order chi connectivity index (χ0) is 19.5. The van der Waals surface area contributed by atoms with Crippen molar-refractivity contribution in [3.05, 3.63) is 59.7 Å². The number of aliphatic carboxylic acids is 1. The Balaban J connectivity index is 2.28. The van der Waals surface area contributed by atoms with E-state index in [0.29, 0.717) is 11.3 Å². The van der Waals surface area contributed by atoms with Crippen molar-refractivity contribution in [1.29, 1.82) is 0 Å². The van der Waals surface area contributed by atoms with E-state index in [1.807, 2.05) is 0 Å². The second kappa shape index (κ2) is 7.70. The Kier molecular flexibility index (Phi) is 5.82. The van der Waals surface area contributed by atoms with E-state index in [1.54, 1.807) is 57.2 Å². The quantitative estimate of drug-likeness (QED) is 0.807. The number of benzene rings is 2. The van der Waals surface area contributed by atoms with Gasteiger partial charge in [0.1, 0.15) is 0 Å². The Bertz CT molecular complexity index is 917. The number of hydrogen-bond donors (Lipinski definition) is 2. The fraction of sp³-hybridized carbons (Fsp3) is 0.263. The molecule has 0 saturated carbocycles. The molecule has 1 atom stereocenters. The highest BCUT2D eigenvalue weighted by atomic mass is 32.2. The number of anilines is 1. The molecule has 2 N–H and O–H groups in total. The van der Waals surface area contributed by atoms with E-state index in [4.69, 9.17) is 5.11 Å². The second-order valence-corrected chi connectivity index (χ2v) is 8.70. The molecule has 2 aromatic carbocycles. The molecule has 1 unspecified atom stereocenters. The lowest BCUT2D eigenvalue weighted by Gasteiger charge is -2.13. The van der Waals surface area contributed by atoms with Gasteiger partial charge in [0.25, 0.3) is 5.91 Å². The predicted molar refractivity (Wildman–Crippen MR) is 99.2 cm³/mol. The van der Waals surface area contributed by atoms with Crippen LogP contribution in [-0.4, -0.2) is 30.7 Å². The first-order valence-electron chi connectivity index (χ1n) is 8.11. The number of carbonyl (C=O) groups excluding carboxylic acids is 1. The summed E-state index contributed by atoms with van der Waals surface area (Å²) in [6.07, 6.45) is 0. The number of sulfone groups is 1. The summed E-state index contributed by atoms with van der Waals surface area (Å²) in [5, 5.41) is 11.0. The molecule has 26 heavy (non-hydrogen) atoms. The molecular formula is C19H21NO5S. The highest BCUT2D eigenvalue weighted by Crippen LogP contribution is 2.23. The van der Waals surface area contributed by atoms with E-state index >= 15 is 0 Å². The normalized spacial score (nSPS) is 12.6. The first-order chi connectivity index (χ1) is 12.1. The van der Waals surface area contributed by atoms with Gasteiger partial charge in [0.05, 0.1) is 21.6 Å². The van der Waals surface area contributed by atoms with Gasteiger partial charge in [-0.05, 0) is 50.6 Å². The fourth-order valence-corrected chi connectivity index (χ4v) is 3.60. The molecule has 0 bridgehead atoms. The van der Waals surface area contributed by atoms with Crippen LogP contribution in [0.25, 0.3) is 0 Å². The van der Waals surface area contributed by atoms with E-state index in [9.17, 15) is 18.0 Å². The maximum atomic E-state index is 12.6. The van der Waals surface area contributed by atoms with Crippen molar-refractivity contribution in [2.24, 2.45) is 0 Å². The Hall–Kier alpha value is -2.67. The number of carboxylic acids is 1. The SMILES string of the molecule is CC(C(=O)O)c1ccc(NC(=O)c2ccccc2S(=O)(=O)C(C)C)cc1. The molecule has 0 heterocycles. The van der Waals surface area contributed by atoms with Crippen molar-refractivity contribution in [3.63, 3.8) is 0 Å². The smallest absolute Gasteiger partial charge is 0.310 e. The molecule has 2 rings (SSSR count). The zero-order valence-corrected chi connectivity index (χ0v) is 15.6. The highest BCUT2D eigenvalue weighted by Gasteiger charge is 2.25. The number of hydrogen-bond acceptors (Lipinski definition) is 4. The van der Waals surface area contributed by atoms with Crippen LogP contribution in [0.5, 0.6) is 0 Å². The van der Waals surface area contributed by atoms with Gasteiger partial charge in [-0.1, -0.05) is 24.3 Å². The second-order valence-electron chi connectivity index (χ2n) is 6.23. The van der Waals surface area contributed by atoms with Crippen LogP contribution in [0.15, 0.2) is 53.4 Å². The number of rotatable bonds is 6. The van der Waals surface area contributed by atoms with Gasteiger partial charge in [-0.15, -0.1) is 0 Å². The maximum Gasteiger partial charge on any atom is 0.310 e. The monoisotopic (exact) mass is 375 g/mol. The molecule has 0 fully saturated rings. The maximum absolute atomic E-state index is 12.6. The minimum atomic E-state index is -3.60. The van der Waals surface area contributed by atoms with Crippen molar-refractivity contribution in [1.82, 2.24) is 0 Å². The van der Waals surface area contributed by atoms with Gasteiger partial charge in [-0.3, -0.25) is 9.59 Å². The molecule has 7 heteroatoms. The van der Waals surface area contributed by atoms with Crippen LogP contribution < -0.4 is 5.32 Å². The Labute approximate surface area is 152 Å². The lowest BCUT2D eigenvalue weighted by molar-refractivity contribution is -0.138. The summed E-state index contributed by atoms with van der Waals surface area (Å²) < 4.78 is 24.9. The molecular weight excluding hydrogens is 354 g/mol. The predicted octanol–water partition coefficient (Wildman–Crippen LogP) is 3.31. The Morgan fingerprint density at radius 3 is 2.08 bits per heavy atom. The van der Waals surface area contributed by atoms with E-state index in [-0.39, 0.29) is 10.5 Å². The fourth-order valence-electron chi connectivity index (χ4n) is 2.35. The van der Waals surface area contributed by atoms with Gasteiger partial charge in [-0.25, -0.2) is 8.42 Å². The topological polar surface area (TPSA) is 101 Å². The highest BCUT2D eigenvalue weighted by molar-refractivity contribution is 7.92. The van der Waals surface area contributed by atoms with Crippen LogP contribution in [0.3, 0.4) is 0 Å². The summed E-state index contributed by atoms with van der Waals surface area (Å²) in [5.74, 6) is -2.13. The van der Waals surface area contributed by atoms with Crippen LogP contribution in [0, 0.1) is 0 Å². The van der Waals surface area contributed by atoms with Crippen LogP contribution in [0.4, 0.5) is 5.69 Å². The molecule has 138 valence electrons.